The topological polar surface area (TPSA) is 191 Å². The second-order valence-corrected chi connectivity index (χ2v) is 10.2. The molecule has 0 fully saturated rings. The number of anilines is 2. The van der Waals surface area contributed by atoms with Gasteiger partial charge in [-0.25, -0.2) is 18.7 Å². The minimum atomic E-state index is -1.14. The highest BCUT2D eigenvalue weighted by molar-refractivity contribution is 6.30. The first-order chi connectivity index (χ1) is 21.1. The van der Waals surface area contributed by atoms with Crippen molar-refractivity contribution in [3.63, 3.8) is 0 Å². The van der Waals surface area contributed by atoms with Gasteiger partial charge < -0.3 is 33.2 Å². The summed E-state index contributed by atoms with van der Waals surface area (Å²) in [6, 6.07) is 7.19. The lowest BCUT2D eigenvalue weighted by atomic mass is 10.0. The Morgan fingerprint density at radius 1 is 1.09 bits per heavy atom. The highest BCUT2D eigenvalue weighted by Gasteiger charge is 2.19. The van der Waals surface area contributed by atoms with E-state index in [0.29, 0.717) is 54.2 Å². The maximum absolute atomic E-state index is 14.6. The number of aromatic nitrogens is 3. The van der Waals surface area contributed by atoms with E-state index < -0.39 is 17.7 Å². The van der Waals surface area contributed by atoms with Crippen LogP contribution in [0.4, 0.5) is 20.3 Å². The molecule has 0 saturated carbocycles. The van der Waals surface area contributed by atoms with Gasteiger partial charge in [0.1, 0.15) is 0 Å². The number of halogens is 3. The molecule has 0 radical (unpaired) electrons. The smallest absolute Gasteiger partial charge is 0.251 e. The molecule has 2 aromatic carbocycles. The summed E-state index contributed by atoms with van der Waals surface area (Å²) in [6.45, 7) is 2.73. The summed E-state index contributed by atoms with van der Waals surface area (Å²) in [4.78, 5) is 37.6. The zero-order valence-corrected chi connectivity index (χ0v) is 24.7. The van der Waals surface area contributed by atoms with Crippen molar-refractivity contribution in [3.8, 4) is 11.3 Å². The minimum absolute atomic E-state index is 0.00196. The van der Waals surface area contributed by atoms with Gasteiger partial charge in [-0.1, -0.05) is 18.5 Å². The number of amides is 2. The fourth-order valence-electron chi connectivity index (χ4n) is 4.49. The van der Waals surface area contributed by atoms with E-state index in [1.807, 2.05) is 13.0 Å². The summed E-state index contributed by atoms with van der Waals surface area (Å²) in [5.41, 5.74) is 19.0. The summed E-state index contributed by atoms with van der Waals surface area (Å²) >= 11 is 5.70. The number of hydrogen-bond acceptors (Lipinski definition) is 7. The number of carbonyl (C=O) groups is 2. The molecular weight excluding hydrogens is 594 g/mol. The number of hydrogen-bond donors (Lipinski definition) is 6. The maximum Gasteiger partial charge on any atom is 0.251 e. The number of carbonyl (C=O) groups excluding carboxylic acids is 2. The van der Waals surface area contributed by atoms with Gasteiger partial charge in [0.25, 0.3) is 5.91 Å². The Balaban J connectivity index is 1.38. The van der Waals surface area contributed by atoms with E-state index in [9.17, 15) is 18.4 Å². The van der Waals surface area contributed by atoms with Gasteiger partial charge in [-0.15, -0.1) is 0 Å². The van der Waals surface area contributed by atoms with E-state index in [2.05, 4.69) is 30.9 Å². The molecule has 2 heterocycles. The molecule has 1 atom stereocenters. The third-order valence-electron chi connectivity index (χ3n) is 6.75. The van der Waals surface area contributed by atoms with E-state index in [1.165, 1.54) is 24.5 Å². The number of fused-ring (bicyclic) bond motifs is 1. The lowest BCUT2D eigenvalue weighted by molar-refractivity contribution is -0.122. The van der Waals surface area contributed by atoms with Crippen LogP contribution in [0.25, 0.3) is 16.9 Å². The van der Waals surface area contributed by atoms with E-state index in [0.717, 1.165) is 5.56 Å². The molecule has 0 aliphatic carbocycles. The Kier molecular flexibility index (Phi) is 10.6. The predicted molar refractivity (Wildman–Crippen MR) is 166 cm³/mol. The van der Waals surface area contributed by atoms with Gasteiger partial charge >= 0.3 is 0 Å². The van der Waals surface area contributed by atoms with E-state index in [1.54, 1.807) is 22.7 Å². The highest BCUT2D eigenvalue weighted by Crippen LogP contribution is 2.31. The number of imidazole rings is 1. The van der Waals surface area contributed by atoms with Crippen molar-refractivity contribution < 1.29 is 18.4 Å². The van der Waals surface area contributed by atoms with Crippen LogP contribution in [0.1, 0.15) is 35.7 Å². The average Bonchev–Trinajstić information content (AvgIpc) is 3.44. The Hall–Kier alpha value is -4.82. The Bertz CT molecular complexity index is 1690. The van der Waals surface area contributed by atoms with Crippen LogP contribution in [0.3, 0.4) is 0 Å². The van der Waals surface area contributed by atoms with Gasteiger partial charge in [0.2, 0.25) is 5.91 Å². The summed E-state index contributed by atoms with van der Waals surface area (Å²) in [5, 5.41) is 8.39. The van der Waals surface area contributed by atoms with Crippen molar-refractivity contribution in [2.24, 2.45) is 22.2 Å². The number of rotatable bonds is 13. The number of benzene rings is 2. The molecule has 0 saturated heterocycles. The van der Waals surface area contributed by atoms with Crippen molar-refractivity contribution in [1.29, 1.82) is 0 Å². The third-order valence-corrected chi connectivity index (χ3v) is 7.04. The summed E-state index contributed by atoms with van der Waals surface area (Å²) in [6.07, 6.45) is 6.06. The molecule has 2 amide bonds. The van der Waals surface area contributed by atoms with Crippen LogP contribution in [0.2, 0.25) is 5.02 Å². The lowest BCUT2D eigenvalue weighted by Gasteiger charge is -2.14. The van der Waals surface area contributed by atoms with E-state index >= 15 is 0 Å². The van der Waals surface area contributed by atoms with Gasteiger partial charge in [0, 0.05) is 48.8 Å². The van der Waals surface area contributed by atoms with Crippen LogP contribution in [0.15, 0.2) is 53.9 Å². The first-order valence-electron chi connectivity index (χ1n) is 13.8. The molecule has 12 nitrogen and oxygen atoms in total. The number of aryl methyl sites for hydroxylation is 1. The first kappa shape index (κ1) is 32.1. The quantitative estimate of drug-likeness (QED) is 0.0565. The molecule has 0 unspecified atom stereocenters. The van der Waals surface area contributed by atoms with E-state index in [4.69, 9.17) is 28.8 Å². The highest BCUT2D eigenvalue weighted by atomic mass is 35.5. The summed E-state index contributed by atoms with van der Waals surface area (Å²) in [7, 11) is 0. The van der Waals surface area contributed by atoms with Gasteiger partial charge in [0.15, 0.2) is 29.1 Å². The SMILES string of the molecule is CCc1cc(Nc2nccn3c(-c4ccc(Cl)c(F)c4F)cnc23)ccc1C(=O)NCCNC(=O)[C@@H](N)CCCN=C(N)N. The molecule has 0 bridgehead atoms. The van der Waals surface area contributed by atoms with Crippen LogP contribution < -0.4 is 33.2 Å². The molecule has 0 spiro atoms. The number of nitrogens with zero attached hydrogens (tertiary/aromatic N) is 4. The normalized spacial score (nSPS) is 11.7. The van der Waals surface area contributed by atoms with Gasteiger partial charge in [-0.05, 0) is 55.2 Å². The first-order valence-corrected chi connectivity index (χ1v) is 14.2. The number of guanidine groups is 1. The molecule has 4 rings (SSSR count). The van der Waals surface area contributed by atoms with Gasteiger partial charge in [-0.2, -0.15) is 0 Å². The Labute approximate surface area is 257 Å². The molecule has 9 N–H and O–H groups in total. The van der Waals surface area contributed by atoms with Gasteiger partial charge in [0.05, 0.1) is 23.0 Å². The zero-order valence-electron chi connectivity index (χ0n) is 23.9. The lowest BCUT2D eigenvalue weighted by Crippen LogP contribution is -2.43. The van der Waals surface area contributed by atoms with Crippen molar-refractivity contribution in [2.75, 3.05) is 25.0 Å². The number of aliphatic imine (C=N–C) groups is 1. The molecular formula is C29H33ClF2N10O2. The largest absolute Gasteiger partial charge is 0.370 e. The molecule has 232 valence electrons. The number of nitrogens with two attached hydrogens (primary N) is 3. The average molecular weight is 627 g/mol. The minimum Gasteiger partial charge on any atom is -0.370 e. The monoisotopic (exact) mass is 626 g/mol. The van der Waals surface area contributed by atoms with E-state index in [-0.39, 0.29) is 41.4 Å². The molecule has 4 aromatic rings. The van der Waals surface area contributed by atoms with Crippen molar-refractivity contribution >= 4 is 46.5 Å². The Morgan fingerprint density at radius 3 is 2.61 bits per heavy atom. The standard InChI is InChI=1S/C29H33ClF2N10O2/c1-2-16-14-17(5-6-18(16)27(43)37-10-11-38-28(44)21(33)4-3-9-39-29(34)35)41-25-26-40-15-22(42(26)13-12-36-25)19-7-8-20(30)24(32)23(19)31/h5-8,12-15,21H,2-4,9-11,33H2,1H3,(H,36,41)(H,37,43)(H,38,44)(H4,34,35,39)/t21-/m0/s1. The maximum atomic E-state index is 14.6. The predicted octanol–water partition coefficient (Wildman–Crippen LogP) is 2.86. The molecule has 15 heteroatoms. The second kappa shape index (κ2) is 14.6. The van der Waals surface area contributed by atoms with Crippen LogP contribution >= 0.6 is 11.6 Å². The molecule has 0 aliphatic heterocycles. The fourth-order valence-corrected chi connectivity index (χ4v) is 4.64. The summed E-state index contributed by atoms with van der Waals surface area (Å²) in [5.74, 6) is -2.47. The van der Waals surface area contributed by atoms with Crippen LogP contribution in [-0.2, 0) is 11.2 Å². The second-order valence-electron chi connectivity index (χ2n) is 9.79. The third kappa shape index (κ3) is 7.57. The van der Waals surface area contributed by atoms with Crippen molar-refractivity contribution in [2.45, 2.75) is 32.2 Å². The zero-order chi connectivity index (χ0) is 31.8. The molecule has 2 aromatic heterocycles. The fraction of sp³-hybridized carbons (Fsp3) is 0.276. The van der Waals surface area contributed by atoms with Crippen molar-refractivity contribution in [3.05, 3.63) is 76.7 Å². The molecule has 0 aliphatic rings. The number of nitrogens with one attached hydrogen (secondary N) is 3. The van der Waals surface area contributed by atoms with Crippen LogP contribution in [0, 0.1) is 11.6 Å². The van der Waals surface area contributed by atoms with Crippen molar-refractivity contribution in [1.82, 2.24) is 25.0 Å². The van der Waals surface area contributed by atoms with Gasteiger partial charge in [-0.3, -0.25) is 19.0 Å². The molecule has 44 heavy (non-hydrogen) atoms. The summed E-state index contributed by atoms with van der Waals surface area (Å²) < 4.78 is 30.3. The van der Waals surface area contributed by atoms with Crippen LogP contribution in [-0.4, -0.2) is 57.8 Å². The van der Waals surface area contributed by atoms with Crippen LogP contribution in [0.5, 0.6) is 0 Å². The Morgan fingerprint density at radius 2 is 1.86 bits per heavy atom.